The highest BCUT2D eigenvalue weighted by molar-refractivity contribution is 5.93. The average Bonchev–Trinajstić information content (AvgIpc) is 3.07. The zero-order valence-corrected chi connectivity index (χ0v) is 15.7. The number of amides is 2. The number of carboxylic acid groups (broad SMARTS) is 1. The third kappa shape index (κ3) is 7.57. The number of hydrogen-bond donors (Lipinski definition) is 5. The zero-order chi connectivity index (χ0) is 20.6. The first-order chi connectivity index (χ1) is 12.6. The lowest BCUT2D eigenvalue weighted by Gasteiger charge is -2.25. The molecule has 0 fully saturated rings. The van der Waals surface area contributed by atoms with E-state index in [4.69, 9.17) is 10.8 Å². The van der Waals surface area contributed by atoms with E-state index in [2.05, 4.69) is 20.6 Å². The molecule has 0 radical (unpaired) electrons. The molecule has 10 heteroatoms. The SMILES string of the molecule is CC(=O)[C@H](CCC(=O)O)NC(=O)[C@@H](NC(=O)[C@@H](N)Cc1c[nH]cn1)C(C)C. The highest BCUT2D eigenvalue weighted by Gasteiger charge is 2.29. The van der Waals surface area contributed by atoms with Gasteiger partial charge in [0.1, 0.15) is 6.04 Å². The molecule has 0 aliphatic rings. The van der Waals surface area contributed by atoms with Crippen LogP contribution in [0.3, 0.4) is 0 Å². The summed E-state index contributed by atoms with van der Waals surface area (Å²) < 4.78 is 0. The minimum atomic E-state index is -1.06. The summed E-state index contributed by atoms with van der Waals surface area (Å²) in [4.78, 5) is 54.0. The summed E-state index contributed by atoms with van der Waals surface area (Å²) in [5.41, 5.74) is 6.49. The molecule has 27 heavy (non-hydrogen) atoms. The van der Waals surface area contributed by atoms with Gasteiger partial charge >= 0.3 is 5.97 Å². The Bertz CT molecular complexity index is 659. The van der Waals surface area contributed by atoms with Crippen LogP contribution in [0.5, 0.6) is 0 Å². The van der Waals surface area contributed by atoms with Crippen molar-refractivity contribution in [2.75, 3.05) is 0 Å². The van der Waals surface area contributed by atoms with Gasteiger partial charge in [-0.2, -0.15) is 0 Å². The topological polar surface area (TPSA) is 167 Å². The van der Waals surface area contributed by atoms with Gasteiger partial charge in [0.25, 0.3) is 0 Å². The number of H-pyrrole nitrogens is 1. The average molecular weight is 381 g/mol. The normalized spacial score (nSPS) is 14.3. The van der Waals surface area contributed by atoms with E-state index in [0.717, 1.165) is 0 Å². The van der Waals surface area contributed by atoms with E-state index >= 15 is 0 Å². The van der Waals surface area contributed by atoms with Crippen LogP contribution in [0, 0.1) is 5.92 Å². The maximum Gasteiger partial charge on any atom is 0.303 e. The number of carboxylic acids is 1. The molecule has 1 heterocycles. The van der Waals surface area contributed by atoms with Crippen LogP contribution in [0.25, 0.3) is 0 Å². The fourth-order valence-corrected chi connectivity index (χ4v) is 2.42. The van der Waals surface area contributed by atoms with Gasteiger partial charge in [0, 0.05) is 19.0 Å². The standard InChI is InChI=1S/C17H27N5O5/c1-9(2)15(17(27)21-13(10(3)23)4-5-14(24)25)22-16(26)12(18)6-11-7-19-8-20-11/h7-9,12-13,15H,4-6,18H2,1-3H3,(H,19,20)(H,21,27)(H,22,26)(H,24,25)/t12-,13-,15-/m0/s1. The summed E-state index contributed by atoms with van der Waals surface area (Å²) in [6, 6.07) is -2.73. The second-order valence-corrected chi connectivity index (χ2v) is 6.71. The molecule has 0 spiro atoms. The number of carbonyl (C=O) groups is 4. The van der Waals surface area contributed by atoms with Gasteiger partial charge in [-0.15, -0.1) is 0 Å². The number of aliphatic carboxylic acids is 1. The lowest BCUT2D eigenvalue weighted by atomic mass is 10.0. The molecule has 2 amide bonds. The van der Waals surface area contributed by atoms with Crippen molar-refractivity contribution in [3.8, 4) is 0 Å². The quantitative estimate of drug-likeness (QED) is 0.340. The fourth-order valence-electron chi connectivity index (χ4n) is 2.42. The van der Waals surface area contributed by atoms with Crippen LogP contribution in [-0.4, -0.2) is 56.8 Å². The predicted octanol–water partition coefficient (Wildman–Crippen LogP) is -0.641. The van der Waals surface area contributed by atoms with Gasteiger partial charge in [-0.1, -0.05) is 13.8 Å². The smallest absolute Gasteiger partial charge is 0.303 e. The van der Waals surface area contributed by atoms with Crippen LogP contribution in [0.4, 0.5) is 0 Å². The van der Waals surface area contributed by atoms with E-state index < -0.39 is 35.9 Å². The Labute approximate surface area is 157 Å². The van der Waals surface area contributed by atoms with Crippen molar-refractivity contribution in [3.05, 3.63) is 18.2 Å². The number of nitrogens with two attached hydrogens (primary N) is 1. The van der Waals surface area contributed by atoms with Gasteiger partial charge in [-0.05, 0) is 19.3 Å². The molecule has 150 valence electrons. The molecular weight excluding hydrogens is 354 g/mol. The lowest BCUT2D eigenvalue weighted by Crippen LogP contribution is -2.56. The number of hydrogen-bond acceptors (Lipinski definition) is 6. The van der Waals surface area contributed by atoms with Gasteiger partial charge in [-0.3, -0.25) is 19.2 Å². The molecule has 0 aliphatic carbocycles. The highest BCUT2D eigenvalue weighted by atomic mass is 16.4. The number of nitrogens with zero attached hydrogens (tertiary/aromatic N) is 1. The number of aromatic amines is 1. The largest absolute Gasteiger partial charge is 0.481 e. The molecule has 0 unspecified atom stereocenters. The minimum absolute atomic E-state index is 0.0200. The molecule has 3 atom stereocenters. The third-order valence-corrected chi connectivity index (χ3v) is 4.02. The van der Waals surface area contributed by atoms with Crippen molar-refractivity contribution in [3.63, 3.8) is 0 Å². The molecule has 1 rings (SSSR count). The zero-order valence-electron chi connectivity index (χ0n) is 15.7. The van der Waals surface area contributed by atoms with Gasteiger partial charge in [0.2, 0.25) is 11.8 Å². The second kappa shape index (κ2) is 10.4. The van der Waals surface area contributed by atoms with E-state index in [-0.39, 0.29) is 31.0 Å². The minimum Gasteiger partial charge on any atom is -0.481 e. The van der Waals surface area contributed by atoms with E-state index in [1.807, 2.05) is 0 Å². The van der Waals surface area contributed by atoms with Crippen LogP contribution in [0.15, 0.2) is 12.5 Å². The number of Topliss-reactive ketones (excluding diaryl/α,β-unsaturated/α-hetero) is 1. The first kappa shape index (κ1) is 22.3. The lowest BCUT2D eigenvalue weighted by molar-refractivity contribution is -0.138. The number of ketones is 1. The number of rotatable bonds is 11. The third-order valence-electron chi connectivity index (χ3n) is 4.02. The van der Waals surface area contributed by atoms with E-state index in [1.165, 1.54) is 13.3 Å². The Hall–Kier alpha value is -2.75. The Morgan fingerprint density at radius 2 is 1.89 bits per heavy atom. The van der Waals surface area contributed by atoms with E-state index in [0.29, 0.717) is 5.69 Å². The van der Waals surface area contributed by atoms with E-state index in [9.17, 15) is 19.2 Å². The van der Waals surface area contributed by atoms with Gasteiger partial charge in [0.05, 0.1) is 24.1 Å². The molecule has 0 bridgehead atoms. The number of nitrogens with one attached hydrogen (secondary N) is 3. The van der Waals surface area contributed by atoms with Gasteiger partial charge in [-0.25, -0.2) is 4.98 Å². The molecule has 1 aromatic heterocycles. The molecule has 0 aliphatic heterocycles. The van der Waals surface area contributed by atoms with Crippen molar-refractivity contribution < 1.29 is 24.3 Å². The summed E-state index contributed by atoms with van der Waals surface area (Å²) in [5.74, 6) is -2.76. The second-order valence-electron chi connectivity index (χ2n) is 6.71. The van der Waals surface area contributed by atoms with Crippen molar-refractivity contribution in [1.29, 1.82) is 0 Å². The van der Waals surface area contributed by atoms with Crippen LogP contribution in [-0.2, 0) is 25.6 Å². The van der Waals surface area contributed by atoms with Crippen LogP contribution >= 0.6 is 0 Å². The highest BCUT2D eigenvalue weighted by Crippen LogP contribution is 2.06. The molecule has 0 aromatic carbocycles. The van der Waals surface area contributed by atoms with Crippen LogP contribution < -0.4 is 16.4 Å². The molecule has 10 nitrogen and oxygen atoms in total. The van der Waals surface area contributed by atoms with Crippen molar-refractivity contribution in [2.45, 2.75) is 58.2 Å². The number of aromatic nitrogens is 2. The van der Waals surface area contributed by atoms with Crippen molar-refractivity contribution in [1.82, 2.24) is 20.6 Å². The van der Waals surface area contributed by atoms with E-state index in [1.54, 1.807) is 20.0 Å². The summed E-state index contributed by atoms with van der Waals surface area (Å²) >= 11 is 0. The predicted molar refractivity (Wildman–Crippen MR) is 96.5 cm³/mol. The molecular formula is C17H27N5O5. The molecule has 0 saturated heterocycles. The van der Waals surface area contributed by atoms with Crippen molar-refractivity contribution in [2.24, 2.45) is 11.7 Å². The Kier molecular flexibility index (Phi) is 8.60. The molecule has 1 aromatic rings. The fraction of sp³-hybridized carbons (Fsp3) is 0.588. The number of imidazole rings is 1. The maximum atomic E-state index is 12.5. The first-order valence-electron chi connectivity index (χ1n) is 8.68. The Morgan fingerprint density at radius 3 is 2.37 bits per heavy atom. The van der Waals surface area contributed by atoms with Crippen molar-refractivity contribution >= 4 is 23.6 Å². The first-order valence-corrected chi connectivity index (χ1v) is 8.68. The summed E-state index contributed by atoms with van der Waals surface area (Å²) in [6.45, 7) is 4.75. The summed E-state index contributed by atoms with van der Waals surface area (Å²) in [7, 11) is 0. The molecule has 0 saturated carbocycles. The summed E-state index contributed by atoms with van der Waals surface area (Å²) in [5, 5.41) is 13.9. The maximum absolute atomic E-state index is 12.5. The van der Waals surface area contributed by atoms with Crippen LogP contribution in [0.1, 0.15) is 39.3 Å². The van der Waals surface area contributed by atoms with Gasteiger partial charge < -0.3 is 26.5 Å². The summed E-state index contributed by atoms with van der Waals surface area (Å²) in [6.07, 6.45) is 3.03. The Morgan fingerprint density at radius 1 is 1.22 bits per heavy atom. The monoisotopic (exact) mass is 381 g/mol. The Balaban J connectivity index is 2.71. The van der Waals surface area contributed by atoms with Crippen LogP contribution in [0.2, 0.25) is 0 Å². The van der Waals surface area contributed by atoms with Gasteiger partial charge in [0.15, 0.2) is 5.78 Å². The number of carbonyl (C=O) groups excluding carboxylic acids is 3. The molecule has 6 N–H and O–H groups in total.